The number of sulfonamides is 1. The molecule has 0 bridgehead atoms. The van der Waals surface area contributed by atoms with E-state index in [-0.39, 0.29) is 9.77 Å². The Kier molecular flexibility index (Phi) is 5.70. The fraction of sp³-hybridized carbons (Fsp3) is 0.500. The first-order valence-electron chi connectivity index (χ1n) is 9.49. The molecule has 2 aromatic heterocycles. The highest BCUT2D eigenvalue weighted by Gasteiger charge is 2.33. The number of methoxy groups -OCH3 is 1. The topological polar surface area (TPSA) is 95.9 Å². The molecule has 0 unspecified atom stereocenters. The van der Waals surface area contributed by atoms with Crippen molar-refractivity contribution in [1.29, 1.82) is 0 Å². The van der Waals surface area contributed by atoms with Crippen molar-refractivity contribution < 1.29 is 17.9 Å². The van der Waals surface area contributed by atoms with Crippen LogP contribution in [0.3, 0.4) is 0 Å². The normalized spacial score (nSPS) is 18.2. The highest BCUT2D eigenvalue weighted by atomic mass is 32.2. The molecule has 2 aliphatic heterocycles. The number of hydrogen-bond acceptors (Lipinski definition) is 9. The molecule has 4 rings (SSSR count). The fourth-order valence-corrected chi connectivity index (χ4v) is 6.35. The van der Waals surface area contributed by atoms with Gasteiger partial charge in [-0.25, -0.2) is 18.2 Å². The third-order valence-electron chi connectivity index (χ3n) is 5.20. The van der Waals surface area contributed by atoms with Gasteiger partial charge in [0, 0.05) is 45.5 Å². The van der Waals surface area contributed by atoms with Crippen LogP contribution in [-0.4, -0.2) is 75.0 Å². The Bertz CT molecular complexity index is 980. The van der Waals surface area contributed by atoms with Gasteiger partial charge < -0.3 is 14.5 Å². The zero-order valence-corrected chi connectivity index (χ0v) is 17.8. The summed E-state index contributed by atoms with van der Waals surface area (Å²) in [5, 5.41) is 1.59. The average molecular weight is 438 g/mol. The molecule has 0 atom stereocenters. The molecular formula is C18H23N5O4S2. The first kappa shape index (κ1) is 20.0. The number of carbonyl (C=O) groups excluding carboxylic acids is 1. The molecule has 0 saturated carbocycles. The number of rotatable bonds is 5. The van der Waals surface area contributed by atoms with Crippen LogP contribution in [-0.2, 0) is 14.8 Å². The van der Waals surface area contributed by atoms with Gasteiger partial charge in [0.15, 0.2) is 0 Å². The molecule has 0 amide bonds. The maximum atomic E-state index is 13.0. The Hall–Kier alpha value is -2.24. The molecule has 29 heavy (non-hydrogen) atoms. The van der Waals surface area contributed by atoms with Crippen LogP contribution in [0.2, 0.25) is 0 Å². The molecule has 2 saturated heterocycles. The number of carbonyl (C=O) groups is 1. The van der Waals surface area contributed by atoms with E-state index < -0.39 is 16.0 Å². The van der Waals surface area contributed by atoms with Gasteiger partial charge in [-0.15, -0.1) is 11.3 Å². The molecule has 9 nitrogen and oxygen atoms in total. The monoisotopic (exact) mass is 437 g/mol. The number of hydrogen-bond donors (Lipinski definition) is 0. The van der Waals surface area contributed by atoms with Crippen LogP contribution >= 0.6 is 11.3 Å². The van der Waals surface area contributed by atoms with E-state index in [9.17, 15) is 13.2 Å². The van der Waals surface area contributed by atoms with Gasteiger partial charge in [0.25, 0.3) is 0 Å². The number of piperazine rings is 1. The summed E-state index contributed by atoms with van der Waals surface area (Å²) in [5.74, 6) is 0.911. The van der Waals surface area contributed by atoms with E-state index in [2.05, 4.69) is 19.8 Å². The Morgan fingerprint density at radius 1 is 1.07 bits per heavy atom. The minimum absolute atomic E-state index is 0.0150. The predicted molar refractivity (Wildman–Crippen MR) is 110 cm³/mol. The summed E-state index contributed by atoms with van der Waals surface area (Å²) >= 11 is 1.07. The molecule has 4 heterocycles. The first-order chi connectivity index (χ1) is 14.0. The standard InChI is InChI=1S/C18H23N5O4S2/c1-27-17(24)16-14(5-13-28-16)29(25,26)23-11-9-21(10-12-23)15-4-6-19-18(20-15)22-7-2-3-8-22/h4-6,13H,2-3,7-12H2,1H3. The van der Waals surface area contributed by atoms with Crippen LogP contribution in [0.15, 0.2) is 28.6 Å². The van der Waals surface area contributed by atoms with E-state index in [1.807, 2.05) is 6.07 Å². The summed E-state index contributed by atoms with van der Waals surface area (Å²) in [6.45, 7) is 3.63. The van der Waals surface area contributed by atoms with E-state index in [0.717, 1.165) is 49.0 Å². The molecule has 0 spiro atoms. The van der Waals surface area contributed by atoms with E-state index in [4.69, 9.17) is 4.74 Å². The quantitative estimate of drug-likeness (QED) is 0.649. The van der Waals surface area contributed by atoms with Gasteiger partial charge in [0.1, 0.15) is 15.6 Å². The van der Waals surface area contributed by atoms with Crippen LogP contribution in [0.4, 0.5) is 11.8 Å². The molecule has 0 aliphatic carbocycles. The summed E-state index contributed by atoms with van der Waals surface area (Å²) in [5.41, 5.74) is 0. The Labute approximate surface area is 174 Å². The SMILES string of the molecule is COC(=O)c1sccc1S(=O)(=O)N1CCN(c2ccnc(N3CCCC3)n2)CC1. The van der Waals surface area contributed by atoms with Crippen molar-refractivity contribution >= 4 is 39.1 Å². The zero-order valence-electron chi connectivity index (χ0n) is 16.2. The van der Waals surface area contributed by atoms with Crippen molar-refractivity contribution in [2.24, 2.45) is 0 Å². The van der Waals surface area contributed by atoms with Crippen molar-refractivity contribution in [2.75, 3.05) is 56.2 Å². The molecule has 0 N–H and O–H groups in total. The molecule has 2 fully saturated rings. The Balaban J connectivity index is 1.46. The third-order valence-corrected chi connectivity index (χ3v) is 8.16. The van der Waals surface area contributed by atoms with Gasteiger partial charge in [0.05, 0.1) is 7.11 Å². The lowest BCUT2D eigenvalue weighted by atomic mass is 10.3. The summed E-state index contributed by atoms with van der Waals surface area (Å²) in [6, 6.07) is 3.32. The maximum Gasteiger partial charge on any atom is 0.349 e. The fourth-order valence-electron chi connectivity index (χ4n) is 3.62. The lowest BCUT2D eigenvalue weighted by Gasteiger charge is -2.34. The number of esters is 1. The highest BCUT2D eigenvalue weighted by Crippen LogP contribution is 2.27. The van der Waals surface area contributed by atoms with Gasteiger partial charge in [-0.1, -0.05) is 0 Å². The number of nitrogens with zero attached hydrogens (tertiary/aromatic N) is 5. The summed E-state index contributed by atoms with van der Waals surface area (Å²) in [4.78, 5) is 25.3. The largest absolute Gasteiger partial charge is 0.465 e. The second kappa shape index (κ2) is 8.25. The van der Waals surface area contributed by atoms with Gasteiger partial charge in [0.2, 0.25) is 16.0 Å². The van der Waals surface area contributed by atoms with E-state index >= 15 is 0 Å². The molecule has 156 valence electrons. The maximum absolute atomic E-state index is 13.0. The molecule has 2 aromatic rings. The van der Waals surface area contributed by atoms with Crippen molar-refractivity contribution in [3.05, 3.63) is 28.6 Å². The summed E-state index contributed by atoms with van der Waals surface area (Å²) in [7, 11) is -2.51. The Morgan fingerprint density at radius 3 is 2.48 bits per heavy atom. The van der Waals surface area contributed by atoms with E-state index in [1.165, 1.54) is 17.5 Å². The first-order valence-corrected chi connectivity index (χ1v) is 11.8. The second-order valence-electron chi connectivity index (χ2n) is 6.91. The van der Waals surface area contributed by atoms with Gasteiger partial charge >= 0.3 is 5.97 Å². The lowest BCUT2D eigenvalue weighted by Crippen LogP contribution is -2.49. The lowest BCUT2D eigenvalue weighted by molar-refractivity contribution is 0.0602. The van der Waals surface area contributed by atoms with Crippen LogP contribution < -0.4 is 9.80 Å². The third kappa shape index (κ3) is 3.94. The van der Waals surface area contributed by atoms with Crippen molar-refractivity contribution in [3.63, 3.8) is 0 Å². The molecule has 0 aromatic carbocycles. The number of thiophene rings is 1. The highest BCUT2D eigenvalue weighted by molar-refractivity contribution is 7.89. The smallest absolute Gasteiger partial charge is 0.349 e. The minimum atomic E-state index is -3.76. The Morgan fingerprint density at radius 2 is 1.79 bits per heavy atom. The van der Waals surface area contributed by atoms with Crippen LogP contribution in [0.5, 0.6) is 0 Å². The van der Waals surface area contributed by atoms with Gasteiger partial charge in [-0.3, -0.25) is 0 Å². The summed E-state index contributed by atoms with van der Waals surface area (Å²) < 4.78 is 32.2. The second-order valence-corrected chi connectivity index (χ2v) is 9.73. The minimum Gasteiger partial charge on any atom is -0.465 e. The van der Waals surface area contributed by atoms with E-state index in [1.54, 1.807) is 11.6 Å². The van der Waals surface area contributed by atoms with Crippen LogP contribution in [0, 0.1) is 0 Å². The number of anilines is 2. The van der Waals surface area contributed by atoms with Crippen molar-refractivity contribution in [3.8, 4) is 0 Å². The van der Waals surface area contributed by atoms with Crippen molar-refractivity contribution in [1.82, 2.24) is 14.3 Å². The van der Waals surface area contributed by atoms with Gasteiger partial charge in [-0.2, -0.15) is 9.29 Å². The van der Waals surface area contributed by atoms with Crippen molar-refractivity contribution in [2.45, 2.75) is 17.7 Å². The van der Waals surface area contributed by atoms with E-state index in [0.29, 0.717) is 26.2 Å². The number of aromatic nitrogens is 2. The summed E-state index contributed by atoms with van der Waals surface area (Å²) in [6.07, 6.45) is 4.06. The molecular weight excluding hydrogens is 414 g/mol. The predicted octanol–water partition coefficient (Wildman–Crippen LogP) is 1.44. The zero-order chi connectivity index (χ0) is 20.4. The van der Waals surface area contributed by atoms with Gasteiger partial charge in [-0.05, 0) is 30.4 Å². The molecule has 11 heteroatoms. The molecule has 0 radical (unpaired) electrons. The number of ether oxygens (including phenoxy) is 1. The molecule has 2 aliphatic rings. The average Bonchev–Trinajstić information content (AvgIpc) is 3.46. The van der Waals surface area contributed by atoms with Crippen LogP contribution in [0.25, 0.3) is 0 Å². The van der Waals surface area contributed by atoms with Crippen LogP contribution in [0.1, 0.15) is 22.5 Å².